The predicted octanol–water partition coefficient (Wildman–Crippen LogP) is 1.94. The van der Waals surface area contributed by atoms with Crippen molar-refractivity contribution in [3.63, 3.8) is 0 Å². The second kappa shape index (κ2) is 5.81. The van der Waals surface area contributed by atoms with E-state index in [4.69, 9.17) is 4.74 Å². The van der Waals surface area contributed by atoms with E-state index in [2.05, 4.69) is 27.6 Å². The summed E-state index contributed by atoms with van der Waals surface area (Å²) in [5, 5.41) is 0. The van der Waals surface area contributed by atoms with Crippen LogP contribution in [0.25, 0.3) is 0 Å². The summed E-state index contributed by atoms with van der Waals surface area (Å²) in [5.74, 6) is -0.298. The van der Waals surface area contributed by atoms with Crippen molar-refractivity contribution in [1.29, 1.82) is 0 Å². The van der Waals surface area contributed by atoms with Crippen LogP contribution < -0.4 is 0 Å². The number of unbranched alkanes of at least 4 members (excludes halogenated alkanes) is 1. The summed E-state index contributed by atoms with van der Waals surface area (Å²) in [5.41, 5.74) is 0.459. The average Bonchev–Trinajstić information content (AvgIpc) is 2.11. The quantitative estimate of drug-likeness (QED) is 0.283. The number of carbonyl (C=O) groups is 1. The molecule has 14 heavy (non-hydrogen) atoms. The zero-order valence-electron chi connectivity index (χ0n) is 9.80. The lowest BCUT2D eigenvalue weighted by atomic mass is 10.3. The molecule has 0 aliphatic rings. The van der Waals surface area contributed by atoms with Crippen molar-refractivity contribution < 1.29 is 14.0 Å². The van der Waals surface area contributed by atoms with Gasteiger partial charge in [-0.1, -0.05) is 19.9 Å². The molecule has 0 N–H and O–H groups in total. The molecule has 82 valence electrons. The second-order valence-electron chi connectivity index (χ2n) is 4.35. The Balaban J connectivity index is 3.86. The second-order valence-corrected chi connectivity index (χ2v) is 4.35. The number of nitrogens with zero attached hydrogens (tertiary/aromatic N) is 1. The highest BCUT2D eigenvalue weighted by atomic mass is 16.5. The highest BCUT2D eigenvalue weighted by Crippen LogP contribution is 2.03. The molecule has 0 atom stereocenters. The lowest BCUT2D eigenvalue weighted by molar-refractivity contribution is -0.907. The standard InChI is InChI=1S/C11H22NO2/c1-6-7-8-12(4,5)9-14-11(13)10(2)3/h2,6-9H2,1,3-5H3/q+1. The van der Waals surface area contributed by atoms with E-state index in [0.29, 0.717) is 16.8 Å². The number of quaternary nitrogens is 1. The normalized spacial score (nSPS) is 11.1. The first kappa shape index (κ1) is 13.2. The maximum Gasteiger partial charge on any atom is 0.337 e. The number of rotatable bonds is 6. The molecule has 0 aliphatic heterocycles. The van der Waals surface area contributed by atoms with Crippen LogP contribution in [-0.4, -0.2) is 37.8 Å². The fourth-order valence-electron chi connectivity index (χ4n) is 1.01. The third-order valence-electron chi connectivity index (χ3n) is 2.01. The van der Waals surface area contributed by atoms with Crippen LogP contribution in [0.3, 0.4) is 0 Å². The van der Waals surface area contributed by atoms with Gasteiger partial charge in [0.25, 0.3) is 0 Å². The van der Waals surface area contributed by atoms with Gasteiger partial charge in [-0.25, -0.2) is 4.79 Å². The molecule has 0 bridgehead atoms. The van der Waals surface area contributed by atoms with Gasteiger partial charge in [0.15, 0.2) is 0 Å². The molecule has 0 heterocycles. The van der Waals surface area contributed by atoms with Gasteiger partial charge in [0.2, 0.25) is 6.73 Å². The summed E-state index contributed by atoms with van der Waals surface area (Å²) >= 11 is 0. The minimum Gasteiger partial charge on any atom is -0.412 e. The van der Waals surface area contributed by atoms with Crippen molar-refractivity contribution in [1.82, 2.24) is 0 Å². The van der Waals surface area contributed by atoms with Crippen LogP contribution in [0.4, 0.5) is 0 Å². The van der Waals surface area contributed by atoms with Crippen molar-refractivity contribution in [3.05, 3.63) is 12.2 Å². The van der Waals surface area contributed by atoms with Crippen molar-refractivity contribution >= 4 is 5.97 Å². The Morgan fingerprint density at radius 1 is 1.43 bits per heavy atom. The molecule has 0 aromatic carbocycles. The van der Waals surface area contributed by atoms with E-state index in [1.807, 2.05) is 0 Å². The third kappa shape index (κ3) is 5.75. The Hall–Kier alpha value is -0.830. The average molecular weight is 200 g/mol. The first-order valence-corrected chi connectivity index (χ1v) is 5.03. The fraction of sp³-hybridized carbons (Fsp3) is 0.727. The zero-order valence-corrected chi connectivity index (χ0v) is 9.80. The fourth-order valence-corrected chi connectivity index (χ4v) is 1.01. The van der Waals surface area contributed by atoms with E-state index in [1.165, 1.54) is 0 Å². The van der Waals surface area contributed by atoms with Crippen molar-refractivity contribution in [2.45, 2.75) is 26.7 Å². The topological polar surface area (TPSA) is 26.3 Å². The Morgan fingerprint density at radius 3 is 2.43 bits per heavy atom. The lowest BCUT2D eigenvalue weighted by Crippen LogP contribution is -2.43. The van der Waals surface area contributed by atoms with Gasteiger partial charge in [0.05, 0.1) is 20.6 Å². The van der Waals surface area contributed by atoms with Gasteiger partial charge in [-0.3, -0.25) is 4.48 Å². The maximum atomic E-state index is 11.1. The van der Waals surface area contributed by atoms with Crippen molar-refractivity contribution in [3.8, 4) is 0 Å². The molecule has 0 aromatic heterocycles. The maximum absolute atomic E-state index is 11.1. The minimum absolute atomic E-state index is 0.298. The van der Waals surface area contributed by atoms with Crippen LogP contribution in [0.2, 0.25) is 0 Å². The Bertz CT molecular complexity index is 209. The molecule has 0 saturated carbocycles. The predicted molar refractivity (Wildman–Crippen MR) is 57.7 cm³/mol. The van der Waals surface area contributed by atoms with Crippen LogP contribution in [0.15, 0.2) is 12.2 Å². The van der Waals surface area contributed by atoms with Crippen LogP contribution in [0.5, 0.6) is 0 Å². The molecule has 0 rings (SSSR count). The summed E-state index contributed by atoms with van der Waals surface area (Å²) in [6.45, 7) is 8.80. The van der Waals surface area contributed by atoms with E-state index < -0.39 is 0 Å². The van der Waals surface area contributed by atoms with Crippen molar-refractivity contribution in [2.75, 3.05) is 27.4 Å². The molecular formula is C11H22NO2+. The van der Waals surface area contributed by atoms with Crippen LogP contribution in [0, 0.1) is 0 Å². The number of hydrogen-bond acceptors (Lipinski definition) is 2. The Labute approximate surface area is 86.9 Å². The van der Waals surface area contributed by atoms with Gasteiger partial charge < -0.3 is 4.74 Å². The molecule has 0 fully saturated rings. The van der Waals surface area contributed by atoms with E-state index in [9.17, 15) is 4.79 Å². The first-order chi connectivity index (χ1) is 6.39. The van der Waals surface area contributed by atoms with E-state index >= 15 is 0 Å². The van der Waals surface area contributed by atoms with Gasteiger partial charge in [0, 0.05) is 5.57 Å². The number of hydrogen-bond donors (Lipinski definition) is 0. The molecule has 0 amide bonds. The summed E-state index contributed by atoms with van der Waals surface area (Å²) in [6, 6.07) is 0. The monoisotopic (exact) mass is 200 g/mol. The van der Waals surface area contributed by atoms with Crippen LogP contribution in [-0.2, 0) is 9.53 Å². The molecule has 0 radical (unpaired) electrons. The Morgan fingerprint density at radius 2 is 2.00 bits per heavy atom. The smallest absolute Gasteiger partial charge is 0.337 e. The van der Waals surface area contributed by atoms with E-state index in [1.54, 1.807) is 6.92 Å². The van der Waals surface area contributed by atoms with Gasteiger partial charge in [0.1, 0.15) is 0 Å². The molecule has 3 nitrogen and oxygen atoms in total. The van der Waals surface area contributed by atoms with Crippen LogP contribution in [0.1, 0.15) is 26.7 Å². The van der Waals surface area contributed by atoms with Gasteiger partial charge in [-0.2, -0.15) is 0 Å². The van der Waals surface area contributed by atoms with Gasteiger partial charge in [-0.15, -0.1) is 0 Å². The number of esters is 1. The molecule has 0 saturated heterocycles. The Kier molecular flexibility index (Phi) is 5.46. The third-order valence-corrected chi connectivity index (χ3v) is 2.01. The molecule has 0 unspecified atom stereocenters. The number of ether oxygens (including phenoxy) is 1. The largest absolute Gasteiger partial charge is 0.412 e. The molecule has 0 spiro atoms. The summed E-state index contributed by atoms with van der Waals surface area (Å²) in [7, 11) is 4.11. The van der Waals surface area contributed by atoms with E-state index in [0.717, 1.165) is 19.4 Å². The minimum atomic E-state index is -0.298. The number of carbonyl (C=O) groups excluding carboxylic acids is 1. The summed E-state index contributed by atoms with van der Waals surface area (Å²) in [6.07, 6.45) is 2.31. The first-order valence-electron chi connectivity index (χ1n) is 5.03. The zero-order chi connectivity index (χ0) is 11.2. The highest BCUT2D eigenvalue weighted by molar-refractivity contribution is 5.86. The molecule has 3 heteroatoms. The van der Waals surface area contributed by atoms with Gasteiger partial charge in [-0.05, 0) is 13.3 Å². The van der Waals surface area contributed by atoms with Gasteiger partial charge >= 0.3 is 5.97 Å². The molecule has 0 aliphatic carbocycles. The highest BCUT2D eigenvalue weighted by Gasteiger charge is 2.16. The molecule has 0 aromatic rings. The van der Waals surface area contributed by atoms with E-state index in [-0.39, 0.29) is 5.97 Å². The summed E-state index contributed by atoms with van der Waals surface area (Å²) < 4.78 is 5.81. The van der Waals surface area contributed by atoms with Crippen molar-refractivity contribution in [2.24, 2.45) is 0 Å². The van der Waals surface area contributed by atoms with Crippen LogP contribution >= 0.6 is 0 Å². The lowest BCUT2D eigenvalue weighted by Gasteiger charge is -2.28. The summed E-state index contributed by atoms with van der Waals surface area (Å²) in [4.78, 5) is 11.1. The SMILES string of the molecule is C=C(C)C(=O)OC[N+](C)(C)CCCC. The molecular weight excluding hydrogens is 178 g/mol.